The van der Waals surface area contributed by atoms with Crippen LogP contribution in [0.2, 0.25) is 5.02 Å². The van der Waals surface area contributed by atoms with Gasteiger partial charge in [-0.05, 0) is 50.8 Å². The standard InChI is InChI=1S/C16H19ClN2O3S/c1-11-16(12(2)22-18-11)23(20,21)19-9-3-4-15(19)10-13-5-7-14(17)8-6-13/h5-8,15H,3-4,9-10H2,1-2H3. The number of rotatable bonds is 4. The number of halogens is 1. The number of benzene rings is 1. The van der Waals surface area contributed by atoms with Crippen molar-refractivity contribution >= 4 is 21.6 Å². The first kappa shape index (κ1) is 16.5. The van der Waals surface area contributed by atoms with Gasteiger partial charge in [0, 0.05) is 17.6 Å². The van der Waals surface area contributed by atoms with Crippen molar-refractivity contribution < 1.29 is 12.9 Å². The third-order valence-corrected chi connectivity index (χ3v) is 6.69. The van der Waals surface area contributed by atoms with E-state index in [9.17, 15) is 8.42 Å². The van der Waals surface area contributed by atoms with Crippen LogP contribution in [0, 0.1) is 13.8 Å². The number of hydrogen-bond acceptors (Lipinski definition) is 4. The van der Waals surface area contributed by atoms with Crippen LogP contribution in [0.15, 0.2) is 33.7 Å². The van der Waals surface area contributed by atoms with E-state index in [0.717, 1.165) is 18.4 Å². The third kappa shape index (κ3) is 3.16. The molecule has 2 heterocycles. The maximum atomic E-state index is 13.0. The predicted molar refractivity (Wildman–Crippen MR) is 88.0 cm³/mol. The lowest BCUT2D eigenvalue weighted by Gasteiger charge is -2.24. The number of nitrogens with zero attached hydrogens (tertiary/aromatic N) is 2. The van der Waals surface area contributed by atoms with Crippen LogP contribution in [0.25, 0.3) is 0 Å². The van der Waals surface area contributed by atoms with Crippen molar-refractivity contribution in [3.05, 3.63) is 46.3 Å². The summed E-state index contributed by atoms with van der Waals surface area (Å²) in [6.07, 6.45) is 2.39. The van der Waals surface area contributed by atoms with E-state index in [4.69, 9.17) is 16.1 Å². The molecule has 1 aromatic heterocycles. The lowest BCUT2D eigenvalue weighted by Crippen LogP contribution is -2.37. The van der Waals surface area contributed by atoms with Crippen LogP contribution in [0.5, 0.6) is 0 Å². The summed E-state index contributed by atoms with van der Waals surface area (Å²) < 4.78 is 32.6. The molecule has 1 fully saturated rings. The fourth-order valence-electron chi connectivity index (χ4n) is 3.18. The van der Waals surface area contributed by atoms with E-state index < -0.39 is 10.0 Å². The number of sulfonamides is 1. The summed E-state index contributed by atoms with van der Waals surface area (Å²) in [6, 6.07) is 7.51. The van der Waals surface area contributed by atoms with Gasteiger partial charge in [-0.3, -0.25) is 0 Å². The smallest absolute Gasteiger partial charge is 0.248 e. The Morgan fingerprint density at radius 1 is 1.30 bits per heavy atom. The van der Waals surface area contributed by atoms with Gasteiger partial charge >= 0.3 is 0 Å². The van der Waals surface area contributed by atoms with Gasteiger partial charge in [-0.25, -0.2) is 8.42 Å². The van der Waals surface area contributed by atoms with E-state index in [1.165, 1.54) is 0 Å². The van der Waals surface area contributed by atoms with E-state index in [1.54, 1.807) is 18.2 Å². The molecular weight excluding hydrogens is 336 g/mol. The summed E-state index contributed by atoms with van der Waals surface area (Å²) >= 11 is 5.91. The minimum absolute atomic E-state index is 0.0464. The Hall–Kier alpha value is -1.37. The van der Waals surface area contributed by atoms with Gasteiger partial charge in [-0.15, -0.1) is 0 Å². The second-order valence-corrected chi connectivity index (χ2v) is 8.16. The maximum Gasteiger partial charge on any atom is 0.248 e. The first-order valence-corrected chi connectivity index (χ1v) is 9.40. The van der Waals surface area contributed by atoms with Crippen molar-refractivity contribution in [2.75, 3.05) is 6.54 Å². The van der Waals surface area contributed by atoms with Crippen LogP contribution in [0.3, 0.4) is 0 Å². The van der Waals surface area contributed by atoms with Crippen LogP contribution >= 0.6 is 11.6 Å². The van der Waals surface area contributed by atoms with Crippen LogP contribution in [-0.4, -0.2) is 30.5 Å². The Morgan fingerprint density at radius 3 is 2.61 bits per heavy atom. The maximum absolute atomic E-state index is 13.0. The Bertz CT molecular complexity index is 780. The lowest BCUT2D eigenvalue weighted by atomic mass is 10.1. The molecule has 1 atom stereocenters. The highest BCUT2D eigenvalue weighted by atomic mass is 35.5. The Morgan fingerprint density at radius 2 is 2.00 bits per heavy atom. The van der Waals surface area contributed by atoms with Crippen LogP contribution < -0.4 is 0 Å². The van der Waals surface area contributed by atoms with Gasteiger partial charge in [-0.1, -0.05) is 28.9 Å². The van der Waals surface area contributed by atoms with Gasteiger partial charge in [0.25, 0.3) is 0 Å². The van der Waals surface area contributed by atoms with Crippen LogP contribution in [-0.2, 0) is 16.4 Å². The van der Waals surface area contributed by atoms with Crippen molar-refractivity contribution in [1.82, 2.24) is 9.46 Å². The first-order chi connectivity index (χ1) is 10.9. The normalized spacial score (nSPS) is 19.3. The monoisotopic (exact) mass is 354 g/mol. The molecule has 1 aromatic carbocycles. The molecule has 5 nitrogen and oxygen atoms in total. The zero-order valence-corrected chi connectivity index (χ0v) is 14.7. The SMILES string of the molecule is Cc1noc(C)c1S(=O)(=O)N1CCCC1Cc1ccc(Cl)cc1. The zero-order valence-electron chi connectivity index (χ0n) is 13.1. The minimum Gasteiger partial charge on any atom is -0.360 e. The van der Waals surface area contributed by atoms with Gasteiger partial charge in [0.1, 0.15) is 10.6 Å². The second-order valence-electron chi connectivity index (χ2n) is 5.90. The molecule has 1 aliphatic rings. The molecule has 0 saturated carbocycles. The highest BCUT2D eigenvalue weighted by molar-refractivity contribution is 7.89. The summed E-state index contributed by atoms with van der Waals surface area (Å²) in [5.41, 5.74) is 1.50. The van der Waals surface area contributed by atoms with Gasteiger partial charge in [-0.2, -0.15) is 4.31 Å². The van der Waals surface area contributed by atoms with E-state index in [0.29, 0.717) is 29.4 Å². The molecule has 3 rings (SSSR count). The molecule has 0 bridgehead atoms. The number of hydrogen-bond donors (Lipinski definition) is 0. The van der Waals surface area contributed by atoms with E-state index >= 15 is 0 Å². The van der Waals surface area contributed by atoms with Gasteiger partial charge < -0.3 is 4.52 Å². The molecule has 0 amide bonds. The molecule has 0 radical (unpaired) electrons. The van der Waals surface area contributed by atoms with Gasteiger partial charge in [0.05, 0.1) is 0 Å². The van der Waals surface area contributed by atoms with Crippen molar-refractivity contribution in [2.45, 2.75) is 44.0 Å². The number of aryl methyl sites for hydroxylation is 2. The minimum atomic E-state index is -3.58. The van der Waals surface area contributed by atoms with Crippen molar-refractivity contribution in [1.29, 1.82) is 0 Å². The third-order valence-electron chi connectivity index (χ3n) is 4.24. The van der Waals surface area contributed by atoms with Gasteiger partial charge in [0.15, 0.2) is 5.76 Å². The highest BCUT2D eigenvalue weighted by Gasteiger charge is 2.38. The molecule has 2 aromatic rings. The van der Waals surface area contributed by atoms with E-state index in [1.807, 2.05) is 24.3 Å². The predicted octanol–water partition coefficient (Wildman–Crippen LogP) is 3.34. The van der Waals surface area contributed by atoms with Crippen molar-refractivity contribution in [3.8, 4) is 0 Å². The average molecular weight is 355 g/mol. The highest BCUT2D eigenvalue weighted by Crippen LogP contribution is 2.31. The van der Waals surface area contributed by atoms with Gasteiger partial charge in [0.2, 0.25) is 10.0 Å². The molecule has 1 unspecified atom stereocenters. The number of aromatic nitrogens is 1. The van der Waals surface area contributed by atoms with Crippen molar-refractivity contribution in [3.63, 3.8) is 0 Å². The fraction of sp³-hybridized carbons (Fsp3) is 0.438. The fourth-order valence-corrected chi connectivity index (χ4v) is 5.30. The first-order valence-electron chi connectivity index (χ1n) is 7.59. The molecule has 0 spiro atoms. The molecule has 7 heteroatoms. The summed E-state index contributed by atoms with van der Waals surface area (Å²) in [5, 5.41) is 4.46. The molecule has 124 valence electrons. The summed E-state index contributed by atoms with van der Waals surface area (Å²) in [6.45, 7) is 3.83. The Balaban J connectivity index is 1.88. The molecule has 0 N–H and O–H groups in total. The van der Waals surface area contributed by atoms with E-state index in [-0.39, 0.29) is 10.9 Å². The Kier molecular flexibility index (Phi) is 4.49. The van der Waals surface area contributed by atoms with Crippen molar-refractivity contribution in [2.24, 2.45) is 0 Å². The average Bonchev–Trinajstić information content (AvgIpc) is 3.09. The largest absolute Gasteiger partial charge is 0.360 e. The summed E-state index contributed by atoms with van der Waals surface area (Å²) in [4.78, 5) is 0.209. The van der Waals surface area contributed by atoms with Crippen LogP contribution in [0.1, 0.15) is 29.9 Å². The lowest BCUT2D eigenvalue weighted by molar-refractivity contribution is 0.379. The zero-order chi connectivity index (χ0) is 16.6. The second kappa shape index (κ2) is 6.26. The molecule has 1 saturated heterocycles. The Labute approximate surface area is 141 Å². The summed E-state index contributed by atoms with van der Waals surface area (Å²) in [5.74, 6) is 0.347. The molecule has 0 aliphatic carbocycles. The summed E-state index contributed by atoms with van der Waals surface area (Å²) in [7, 11) is -3.58. The quantitative estimate of drug-likeness (QED) is 0.844. The van der Waals surface area contributed by atoms with E-state index in [2.05, 4.69) is 5.16 Å². The molecule has 23 heavy (non-hydrogen) atoms. The topological polar surface area (TPSA) is 63.4 Å². The van der Waals surface area contributed by atoms with Crippen LogP contribution in [0.4, 0.5) is 0 Å². The molecule has 1 aliphatic heterocycles. The molecular formula is C16H19ClN2O3S.